The molecule has 2 rings (SSSR count). The first-order valence-electron chi connectivity index (χ1n) is 8.89. The summed E-state index contributed by atoms with van der Waals surface area (Å²) in [5.74, 6) is -0.844. The number of halogens is 4. The number of H-pyrrole nitrogens is 1. The van der Waals surface area contributed by atoms with Crippen molar-refractivity contribution >= 4 is 17.5 Å². The van der Waals surface area contributed by atoms with Crippen molar-refractivity contribution in [2.24, 2.45) is 5.41 Å². The molecule has 2 aromatic rings. The second-order valence-corrected chi connectivity index (χ2v) is 8.77. The van der Waals surface area contributed by atoms with Gasteiger partial charge >= 0.3 is 6.18 Å². The SMILES string of the molecule is Cc1cc(C(C)(CC(C)(C)C)NC(=O)c2cc(OCC(F)(F)F)c(Cl)cn2)n[nH]1. The summed E-state index contributed by atoms with van der Waals surface area (Å²) in [6.45, 7) is 8.25. The lowest BCUT2D eigenvalue weighted by atomic mass is 9.78. The minimum Gasteiger partial charge on any atom is -0.482 e. The molecule has 29 heavy (non-hydrogen) atoms. The third-order valence-corrected chi connectivity index (χ3v) is 4.27. The predicted octanol–water partition coefficient (Wildman–Crippen LogP) is 4.79. The molecule has 0 saturated carbocycles. The lowest BCUT2D eigenvalue weighted by Gasteiger charge is -2.35. The van der Waals surface area contributed by atoms with E-state index in [0.29, 0.717) is 12.1 Å². The van der Waals surface area contributed by atoms with Gasteiger partial charge in [-0.05, 0) is 31.7 Å². The van der Waals surface area contributed by atoms with Gasteiger partial charge in [-0.3, -0.25) is 9.89 Å². The molecule has 160 valence electrons. The van der Waals surface area contributed by atoms with Crippen molar-refractivity contribution in [3.8, 4) is 5.75 Å². The fourth-order valence-corrected chi connectivity index (χ4v) is 3.25. The summed E-state index contributed by atoms with van der Waals surface area (Å²) in [5.41, 5.74) is 0.374. The zero-order valence-electron chi connectivity index (χ0n) is 16.9. The molecule has 0 bridgehead atoms. The van der Waals surface area contributed by atoms with Gasteiger partial charge < -0.3 is 10.1 Å². The molecule has 1 atom stereocenters. The first kappa shape index (κ1) is 23.0. The van der Waals surface area contributed by atoms with Gasteiger partial charge in [-0.1, -0.05) is 32.4 Å². The third kappa shape index (κ3) is 6.62. The summed E-state index contributed by atoms with van der Waals surface area (Å²) >= 11 is 5.85. The van der Waals surface area contributed by atoms with Gasteiger partial charge in [-0.15, -0.1) is 0 Å². The highest BCUT2D eigenvalue weighted by Crippen LogP contribution is 2.34. The van der Waals surface area contributed by atoms with E-state index in [0.717, 1.165) is 18.0 Å². The van der Waals surface area contributed by atoms with Crippen LogP contribution in [0, 0.1) is 12.3 Å². The third-order valence-electron chi connectivity index (χ3n) is 3.99. The quantitative estimate of drug-likeness (QED) is 0.687. The van der Waals surface area contributed by atoms with E-state index in [1.54, 1.807) is 0 Å². The first-order chi connectivity index (χ1) is 13.2. The van der Waals surface area contributed by atoms with Crippen molar-refractivity contribution in [1.29, 1.82) is 0 Å². The van der Waals surface area contributed by atoms with Crippen LogP contribution in [0.15, 0.2) is 18.3 Å². The van der Waals surface area contributed by atoms with Crippen molar-refractivity contribution in [2.45, 2.75) is 52.8 Å². The second kappa shape index (κ2) is 8.22. The predicted molar refractivity (Wildman–Crippen MR) is 103 cm³/mol. The number of hydrogen-bond donors (Lipinski definition) is 2. The van der Waals surface area contributed by atoms with E-state index < -0.39 is 24.2 Å². The van der Waals surface area contributed by atoms with Crippen molar-refractivity contribution < 1.29 is 22.7 Å². The Morgan fingerprint density at radius 2 is 1.90 bits per heavy atom. The highest BCUT2D eigenvalue weighted by molar-refractivity contribution is 6.32. The van der Waals surface area contributed by atoms with Gasteiger partial charge in [-0.25, -0.2) is 4.98 Å². The maximum Gasteiger partial charge on any atom is 0.422 e. The van der Waals surface area contributed by atoms with Gasteiger partial charge in [0.25, 0.3) is 5.91 Å². The number of amides is 1. The zero-order chi connectivity index (χ0) is 22.0. The Bertz CT molecular complexity index is 877. The van der Waals surface area contributed by atoms with Crippen molar-refractivity contribution in [3.63, 3.8) is 0 Å². The second-order valence-electron chi connectivity index (χ2n) is 8.36. The summed E-state index contributed by atoms with van der Waals surface area (Å²) in [6, 6.07) is 2.93. The van der Waals surface area contributed by atoms with Crippen LogP contribution in [0.1, 0.15) is 56.0 Å². The van der Waals surface area contributed by atoms with Crippen LogP contribution in [-0.4, -0.2) is 33.9 Å². The first-order valence-corrected chi connectivity index (χ1v) is 9.26. The van der Waals surface area contributed by atoms with Crippen LogP contribution < -0.4 is 10.1 Å². The molecule has 0 aliphatic carbocycles. The average Bonchev–Trinajstić information content (AvgIpc) is 2.98. The molecule has 6 nitrogen and oxygen atoms in total. The number of nitrogens with one attached hydrogen (secondary N) is 2. The van der Waals surface area contributed by atoms with Crippen molar-refractivity contribution in [3.05, 3.63) is 40.4 Å². The van der Waals surface area contributed by atoms with Crippen LogP contribution in [0.25, 0.3) is 0 Å². The Hall–Kier alpha value is -2.29. The molecule has 0 aromatic carbocycles. The molecule has 0 saturated heterocycles. The Labute approximate surface area is 172 Å². The number of pyridine rings is 1. The topological polar surface area (TPSA) is 79.9 Å². The molecular weight excluding hydrogens is 409 g/mol. The average molecular weight is 433 g/mol. The molecule has 0 radical (unpaired) electrons. The van der Waals surface area contributed by atoms with E-state index in [1.165, 1.54) is 0 Å². The minimum absolute atomic E-state index is 0.112. The number of alkyl halides is 3. The Morgan fingerprint density at radius 3 is 2.41 bits per heavy atom. The molecule has 0 fully saturated rings. The lowest BCUT2D eigenvalue weighted by Crippen LogP contribution is -2.46. The Morgan fingerprint density at radius 1 is 1.24 bits per heavy atom. The highest BCUT2D eigenvalue weighted by atomic mass is 35.5. The van der Waals surface area contributed by atoms with Gasteiger partial charge in [0.15, 0.2) is 6.61 Å². The summed E-state index contributed by atoms with van der Waals surface area (Å²) in [4.78, 5) is 16.8. The maximum absolute atomic E-state index is 12.9. The highest BCUT2D eigenvalue weighted by Gasteiger charge is 2.36. The standard InChI is InChI=1S/C19H24ClF3N4O2/c1-11-6-15(27-26-11)18(5,9-17(2,3)4)25-16(28)13-7-14(12(20)8-24-13)29-10-19(21,22)23/h6-8H,9-10H2,1-5H3,(H,25,28)(H,26,27). The molecule has 0 aliphatic heterocycles. The van der Waals surface area contributed by atoms with Crippen molar-refractivity contribution in [1.82, 2.24) is 20.5 Å². The monoisotopic (exact) mass is 432 g/mol. The number of rotatable bonds is 6. The number of carbonyl (C=O) groups excluding carboxylic acids is 1. The molecule has 2 N–H and O–H groups in total. The summed E-state index contributed by atoms with van der Waals surface area (Å²) in [7, 11) is 0. The summed E-state index contributed by atoms with van der Waals surface area (Å²) in [5, 5.41) is 9.93. The number of nitrogens with zero attached hydrogens (tertiary/aromatic N) is 2. The van der Waals surface area contributed by atoms with Crippen LogP contribution in [0.3, 0.4) is 0 Å². The number of aryl methyl sites for hydroxylation is 1. The largest absolute Gasteiger partial charge is 0.482 e. The number of aromatic amines is 1. The van der Waals surface area contributed by atoms with Crippen LogP contribution in [0.5, 0.6) is 5.75 Å². The van der Waals surface area contributed by atoms with Gasteiger partial charge in [0, 0.05) is 11.8 Å². The Kier molecular flexibility index (Phi) is 6.51. The smallest absolute Gasteiger partial charge is 0.422 e. The number of hydrogen-bond acceptors (Lipinski definition) is 4. The van der Waals surface area contributed by atoms with Crippen LogP contribution in [0.2, 0.25) is 5.02 Å². The molecule has 2 aromatic heterocycles. The number of ether oxygens (including phenoxy) is 1. The van der Waals surface area contributed by atoms with Crippen molar-refractivity contribution in [2.75, 3.05) is 6.61 Å². The fourth-order valence-electron chi connectivity index (χ4n) is 3.09. The maximum atomic E-state index is 12.9. The van der Waals surface area contributed by atoms with E-state index in [-0.39, 0.29) is 21.9 Å². The molecule has 10 heteroatoms. The van der Waals surface area contributed by atoms with Gasteiger partial charge in [-0.2, -0.15) is 18.3 Å². The number of carbonyl (C=O) groups is 1. The van der Waals surface area contributed by atoms with Gasteiger partial charge in [0.05, 0.1) is 17.4 Å². The molecule has 0 aliphatic rings. The Balaban J connectivity index is 2.29. The van der Waals surface area contributed by atoms with E-state index in [1.807, 2.05) is 40.7 Å². The normalized spacial score (nSPS) is 14.4. The molecule has 1 amide bonds. The number of aromatic nitrogens is 3. The fraction of sp³-hybridized carbons (Fsp3) is 0.526. The van der Waals surface area contributed by atoms with Gasteiger partial charge in [0.2, 0.25) is 0 Å². The molecule has 1 unspecified atom stereocenters. The van der Waals surface area contributed by atoms with Crippen LogP contribution >= 0.6 is 11.6 Å². The zero-order valence-corrected chi connectivity index (χ0v) is 17.6. The molecule has 2 heterocycles. The summed E-state index contributed by atoms with van der Waals surface area (Å²) in [6.07, 6.45) is -2.89. The van der Waals surface area contributed by atoms with Crippen LogP contribution in [0.4, 0.5) is 13.2 Å². The molecule has 0 spiro atoms. The molecular formula is C19H24ClF3N4O2. The lowest BCUT2D eigenvalue weighted by molar-refractivity contribution is -0.153. The van der Waals surface area contributed by atoms with E-state index >= 15 is 0 Å². The van der Waals surface area contributed by atoms with Gasteiger partial charge in [0.1, 0.15) is 16.5 Å². The van der Waals surface area contributed by atoms with E-state index in [4.69, 9.17) is 16.3 Å². The van der Waals surface area contributed by atoms with Crippen LogP contribution in [-0.2, 0) is 5.54 Å². The minimum atomic E-state index is -4.53. The van der Waals surface area contributed by atoms with E-state index in [9.17, 15) is 18.0 Å². The van der Waals surface area contributed by atoms with E-state index in [2.05, 4.69) is 20.5 Å². The summed E-state index contributed by atoms with van der Waals surface area (Å²) < 4.78 is 42.0.